The Kier molecular flexibility index (Phi) is 5.25. The van der Waals surface area contributed by atoms with Gasteiger partial charge in [0.1, 0.15) is 0 Å². The van der Waals surface area contributed by atoms with Gasteiger partial charge in [0.25, 0.3) is 11.4 Å². The monoisotopic (exact) mass is 335 g/mol. The largest absolute Gasteiger partial charge is 0.298 e. The Morgan fingerprint density at radius 2 is 1.52 bits per heavy atom. The van der Waals surface area contributed by atoms with Gasteiger partial charge in [-0.25, -0.2) is 0 Å². The third kappa shape index (κ3) is 4.48. The van der Waals surface area contributed by atoms with Crippen LogP contribution < -0.4 is 0 Å². The van der Waals surface area contributed by atoms with Gasteiger partial charge in [0.15, 0.2) is 0 Å². The zero-order valence-corrected chi connectivity index (χ0v) is 13.1. The van der Waals surface area contributed by atoms with Crippen LogP contribution in [0.2, 0.25) is 5.02 Å². The van der Waals surface area contributed by atoms with Gasteiger partial charge >= 0.3 is 0 Å². The molecule has 0 radical (unpaired) electrons. The fourth-order valence-electron chi connectivity index (χ4n) is 2.18. The quantitative estimate of drug-likeness (QED) is 0.591. The molecule has 0 unspecified atom stereocenters. The van der Waals surface area contributed by atoms with Gasteiger partial charge in [-0.15, -0.1) is 0 Å². The Morgan fingerprint density at radius 3 is 2.09 bits per heavy atom. The number of nitro benzene ring substituents is 2. The Hall–Kier alpha value is -2.51. The summed E-state index contributed by atoms with van der Waals surface area (Å²) in [6.45, 7) is 0.967. The summed E-state index contributed by atoms with van der Waals surface area (Å²) >= 11 is 6.08. The molecule has 0 spiro atoms. The first-order chi connectivity index (χ1) is 10.9. The standard InChI is InChI=1S/C15H14ClN3O4/c1-17(9-11-2-4-13(5-3-11)18(20)21)10-12-8-14(19(22)23)6-7-15(12)16/h2-8H,9-10H2,1H3. The molecule has 0 aliphatic heterocycles. The Morgan fingerprint density at radius 1 is 0.957 bits per heavy atom. The second kappa shape index (κ2) is 7.17. The fraction of sp³-hybridized carbons (Fsp3) is 0.200. The highest BCUT2D eigenvalue weighted by molar-refractivity contribution is 6.31. The number of benzene rings is 2. The molecule has 0 aromatic heterocycles. The van der Waals surface area contributed by atoms with Gasteiger partial charge in [0.05, 0.1) is 9.85 Å². The highest BCUT2D eigenvalue weighted by Gasteiger charge is 2.12. The third-order valence-corrected chi connectivity index (χ3v) is 3.65. The summed E-state index contributed by atoms with van der Waals surface area (Å²) in [6.07, 6.45) is 0. The van der Waals surface area contributed by atoms with E-state index in [1.807, 2.05) is 11.9 Å². The van der Waals surface area contributed by atoms with Crippen molar-refractivity contribution in [3.8, 4) is 0 Å². The minimum atomic E-state index is -0.462. The summed E-state index contributed by atoms with van der Waals surface area (Å²) in [6, 6.07) is 10.6. The lowest BCUT2D eigenvalue weighted by atomic mass is 10.1. The SMILES string of the molecule is CN(Cc1ccc([N+](=O)[O-])cc1)Cc1cc([N+](=O)[O-])ccc1Cl. The van der Waals surface area contributed by atoms with E-state index in [-0.39, 0.29) is 11.4 Å². The van der Waals surface area contributed by atoms with Crippen molar-refractivity contribution in [1.82, 2.24) is 4.90 Å². The first-order valence-corrected chi connectivity index (χ1v) is 7.09. The number of nitrogens with zero attached hydrogens (tertiary/aromatic N) is 3. The van der Waals surface area contributed by atoms with Gasteiger partial charge in [0.2, 0.25) is 0 Å². The molecular formula is C15H14ClN3O4. The molecule has 0 heterocycles. The topological polar surface area (TPSA) is 89.5 Å². The van der Waals surface area contributed by atoms with Crippen LogP contribution in [-0.2, 0) is 13.1 Å². The fourth-order valence-corrected chi connectivity index (χ4v) is 2.35. The van der Waals surface area contributed by atoms with Crippen molar-refractivity contribution in [2.75, 3.05) is 7.05 Å². The number of hydrogen-bond donors (Lipinski definition) is 0. The lowest BCUT2D eigenvalue weighted by molar-refractivity contribution is -0.385. The van der Waals surface area contributed by atoms with Crippen LogP contribution >= 0.6 is 11.6 Å². The molecule has 0 aliphatic rings. The van der Waals surface area contributed by atoms with Crippen LogP contribution in [0.1, 0.15) is 11.1 Å². The molecule has 0 fully saturated rings. The second-order valence-electron chi connectivity index (χ2n) is 5.13. The zero-order chi connectivity index (χ0) is 17.0. The van der Waals surface area contributed by atoms with Crippen molar-refractivity contribution in [2.24, 2.45) is 0 Å². The third-order valence-electron chi connectivity index (χ3n) is 3.28. The van der Waals surface area contributed by atoms with E-state index in [2.05, 4.69) is 0 Å². The van der Waals surface area contributed by atoms with E-state index < -0.39 is 9.85 Å². The molecule has 0 atom stereocenters. The van der Waals surface area contributed by atoms with Crippen LogP contribution in [0, 0.1) is 20.2 Å². The van der Waals surface area contributed by atoms with E-state index in [0.29, 0.717) is 23.7 Å². The van der Waals surface area contributed by atoms with Crippen molar-refractivity contribution >= 4 is 23.0 Å². The first kappa shape index (κ1) is 16.9. The molecule has 8 heteroatoms. The smallest absolute Gasteiger partial charge is 0.269 e. The predicted molar refractivity (Wildman–Crippen MR) is 86.4 cm³/mol. The molecule has 7 nitrogen and oxygen atoms in total. The van der Waals surface area contributed by atoms with Gasteiger partial charge in [-0.1, -0.05) is 23.7 Å². The van der Waals surface area contributed by atoms with Gasteiger partial charge in [0, 0.05) is 42.4 Å². The van der Waals surface area contributed by atoms with Crippen molar-refractivity contribution in [1.29, 1.82) is 0 Å². The number of hydrogen-bond acceptors (Lipinski definition) is 5. The Bertz CT molecular complexity index is 734. The predicted octanol–water partition coefficient (Wildman–Crippen LogP) is 3.79. The molecular weight excluding hydrogens is 322 g/mol. The average molecular weight is 336 g/mol. The maximum absolute atomic E-state index is 10.8. The summed E-state index contributed by atoms with van der Waals surface area (Å²) in [5, 5.41) is 21.9. The summed E-state index contributed by atoms with van der Waals surface area (Å²) in [4.78, 5) is 22.5. The van der Waals surface area contributed by atoms with Gasteiger partial charge < -0.3 is 0 Å². The van der Waals surface area contributed by atoms with E-state index in [1.165, 1.54) is 30.3 Å². The molecule has 0 saturated carbocycles. The van der Waals surface area contributed by atoms with E-state index in [1.54, 1.807) is 12.1 Å². The second-order valence-corrected chi connectivity index (χ2v) is 5.54. The molecule has 0 N–H and O–H groups in total. The van der Waals surface area contributed by atoms with Crippen LogP contribution in [-0.4, -0.2) is 21.8 Å². The van der Waals surface area contributed by atoms with E-state index in [4.69, 9.17) is 11.6 Å². The van der Waals surface area contributed by atoms with E-state index in [9.17, 15) is 20.2 Å². The number of non-ortho nitro benzene ring substituents is 2. The number of halogens is 1. The number of rotatable bonds is 6. The van der Waals surface area contributed by atoms with Crippen LogP contribution in [0.4, 0.5) is 11.4 Å². The highest BCUT2D eigenvalue weighted by Crippen LogP contribution is 2.23. The average Bonchev–Trinajstić information content (AvgIpc) is 2.49. The summed E-state index contributed by atoms with van der Waals surface area (Å²) in [5.41, 5.74) is 1.59. The lowest BCUT2D eigenvalue weighted by Crippen LogP contribution is -2.17. The molecule has 2 aromatic carbocycles. The molecule has 120 valence electrons. The summed E-state index contributed by atoms with van der Waals surface area (Å²) in [7, 11) is 1.84. The summed E-state index contributed by atoms with van der Waals surface area (Å²) in [5.74, 6) is 0. The minimum absolute atomic E-state index is 0.00636. The van der Waals surface area contributed by atoms with Gasteiger partial charge in [-0.3, -0.25) is 25.1 Å². The lowest BCUT2D eigenvalue weighted by Gasteiger charge is -2.17. The molecule has 0 aliphatic carbocycles. The van der Waals surface area contributed by atoms with Crippen LogP contribution in [0.3, 0.4) is 0 Å². The zero-order valence-electron chi connectivity index (χ0n) is 12.3. The molecule has 0 amide bonds. The van der Waals surface area contributed by atoms with Crippen molar-refractivity contribution < 1.29 is 9.85 Å². The van der Waals surface area contributed by atoms with Crippen molar-refractivity contribution in [2.45, 2.75) is 13.1 Å². The molecule has 0 bridgehead atoms. The van der Waals surface area contributed by atoms with Crippen LogP contribution in [0.5, 0.6) is 0 Å². The maximum Gasteiger partial charge on any atom is 0.269 e. The number of nitro groups is 2. The van der Waals surface area contributed by atoms with Crippen molar-refractivity contribution in [3.63, 3.8) is 0 Å². The van der Waals surface area contributed by atoms with Crippen molar-refractivity contribution in [3.05, 3.63) is 78.8 Å². The molecule has 2 rings (SSSR count). The Labute approximate surface area is 137 Å². The van der Waals surface area contributed by atoms with Crippen LogP contribution in [0.25, 0.3) is 0 Å². The molecule has 0 saturated heterocycles. The molecule has 23 heavy (non-hydrogen) atoms. The highest BCUT2D eigenvalue weighted by atomic mass is 35.5. The van der Waals surface area contributed by atoms with Gasteiger partial charge in [-0.05, 0) is 24.2 Å². The molecule has 2 aromatic rings. The van der Waals surface area contributed by atoms with Gasteiger partial charge in [-0.2, -0.15) is 0 Å². The minimum Gasteiger partial charge on any atom is -0.298 e. The van der Waals surface area contributed by atoms with Crippen LogP contribution in [0.15, 0.2) is 42.5 Å². The maximum atomic E-state index is 10.8. The normalized spacial score (nSPS) is 10.7. The Balaban J connectivity index is 2.07. The summed E-state index contributed by atoms with van der Waals surface area (Å²) < 4.78 is 0. The first-order valence-electron chi connectivity index (χ1n) is 6.71. The van der Waals surface area contributed by atoms with E-state index in [0.717, 1.165) is 5.56 Å². The van der Waals surface area contributed by atoms with E-state index >= 15 is 0 Å².